The highest BCUT2D eigenvalue weighted by atomic mass is 19.4. The highest BCUT2D eigenvalue weighted by Crippen LogP contribution is 2.42. The molecule has 0 saturated carbocycles. The van der Waals surface area contributed by atoms with Gasteiger partial charge in [-0.05, 0) is 6.08 Å². The third-order valence-electron chi connectivity index (χ3n) is 3.65. The van der Waals surface area contributed by atoms with Gasteiger partial charge < -0.3 is 19.4 Å². The molecular formula is C13H16F3NO4. The van der Waals surface area contributed by atoms with Crippen LogP contribution in [0.3, 0.4) is 0 Å². The van der Waals surface area contributed by atoms with Gasteiger partial charge in [0.1, 0.15) is 5.76 Å². The predicted octanol–water partition coefficient (Wildman–Crippen LogP) is 2.34. The molecule has 2 aliphatic rings. The summed E-state index contributed by atoms with van der Waals surface area (Å²) in [5, 5.41) is 12.9. The summed E-state index contributed by atoms with van der Waals surface area (Å²) in [4.78, 5) is 4.24. The molecule has 2 rings (SSSR count). The number of ether oxygens (including phenoxy) is 2. The number of hydrogen-bond acceptors (Lipinski definition) is 5. The fourth-order valence-electron chi connectivity index (χ4n) is 2.46. The van der Waals surface area contributed by atoms with Crippen LogP contribution in [0.25, 0.3) is 0 Å². The molecule has 0 amide bonds. The van der Waals surface area contributed by atoms with Crippen molar-refractivity contribution in [3.63, 3.8) is 0 Å². The molecule has 0 radical (unpaired) electrons. The minimum atomic E-state index is -4.91. The Hall–Kier alpha value is -1.70. The second-order valence-electron chi connectivity index (χ2n) is 4.94. The van der Waals surface area contributed by atoms with Crippen molar-refractivity contribution < 1.29 is 32.6 Å². The topological polar surface area (TPSA) is 60.3 Å². The number of nitrogens with zero attached hydrogens (tertiary/aromatic N) is 1. The summed E-state index contributed by atoms with van der Waals surface area (Å²) in [6.07, 6.45) is -2.36. The number of aliphatic hydroxyl groups is 1. The van der Waals surface area contributed by atoms with Crippen LogP contribution < -0.4 is 0 Å². The molecule has 0 aromatic rings. The minimum absolute atomic E-state index is 0.114. The molecule has 8 heteroatoms. The van der Waals surface area contributed by atoms with Crippen LogP contribution in [0, 0.1) is 11.8 Å². The average Bonchev–Trinajstić information content (AvgIpc) is 2.81. The second kappa shape index (κ2) is 5.25. The van der Waals surface area contributed by atoms with E-state index in [1.165, 1.54) is 14.2 Å². The molecule has 0 aromatic carbocycles. The molecule has 21 heavy (non-hydrogen) atoms. The van der Waals surface area contributed by atoms with Crippen molar-refractivity contribution in [1.29, 1.82) is 0 Å². The first-order valence-corrected chi connectivity index (χ1v) is 6.28. The van der Waals surface area contributed by atoms with Gasteiger partial charge in [0.25, 0.3) is 0 Å². The monoisotopic (exact) mass is 307 g/mol. The first kappa shape index (κ1) is 15.7. The van der Waals surface area contributed by atoms with Gasteiger partial charge in [-0.1, -0.05) is 18.2 Å². The summed E-state index contributed by atoms with van der Waals surface area (Å²) in [5.74, 6) is -2.99. The van der Waals surface area contributed by atoms with E-state index >= 15 is 0 Å². The lowest BCUT2D eigenvalue weighted by atomic mass is 9.82. The maximum Gasteiger partial charge on any atom is 0.458 e. The Labute approximate surface area is 119 Å². The van der Waals surface area contributed by atoms with E-state index in [0.717, 1.165) is 0 Å². The molecule has 3 unspecified atom stereocenters. The Balaban J connectivity index is 2.20. The van der Waals surface area contributed by atoms with Crippen molar-refractivity contribution in [2.45, 2.75) is 25.3 Å². The zero-order chi connectivity index (χ0) is 15.8. The van der Waals surface area contributed by atoms with Crippen LogP contribution in [0.2, 0.25) is 0 Å². The van der Waals surface area contributed by atoms with E-state index in [1.54, 1.807) is 19.1 Å². The third kappa shape index (κ3) is 2.59. The molecule has 1 heterocycles. The number of hydrogen-bond donors (Lipinski definition) is 1. The van der Waals surface area contributed by atoms with Crippen LogP contribution in [-0.2, 0) is 14.3 Å². The number of oxime groups is 1. The maximum absolute atomic E-state index is 12.7. The van der Waals surface area contributed by atoms with Crippen LogP contribution in [-0.4, -0.2) is 37.0 Å². The van der Waals surface area contributed by atoms with Crippen molar-refractivity contribution in [2.75, 3.05) is 14.2 Å². The Morgan fingerprint density at radius 1 is 1.38 bits per heavy atom. The van der Waals surface area contributed by atoms with Gasteiger partial charge >= 0.3 is 12.0 Å². The van der Waals surface area contributed by atoms with E-state index in [-0.39, 0.29) is 11.6 Å². The molecule has 1 aliphatic carbocycles. The van der Waals surface area contributed by atoms with Crippen molar-refractivity contribution in [2.24, 2.45) is 17.0 Å². The van der Waals surface area contributed by atoms with E-state index in [2.05, 4.69) is 9.99 Å². The van der Waals surface area contributed by atoms with Gasteiger partial charge in [0.15, 0.2) is 5.76 Å². The van der Waals surface area contributed by atoms with Crippen LogP contribution in [0.1, 0.15) is 13.3 Å². The van der Waals surface area contributed by atoms with Gasteiger partial charge in [0.2, 0.25) is 0 Å². The molecular weight excluding hydrogens is 291 g/mol. The summed E-state index contributed by atoms with van der Waals surface area (Å²) < 4.78 is 48.5. The average molecular weight is 307 g/mol. The summed E-state index contributed by atoms with van der Waals surface area (Å²) in [7, 11) is 2.93. The van der Waals surface area contributed by atoms with E-state index in [0.29, 0.717) is 11.5 Å². The Bertz CT molecular complexity index is 512. The highest BCUT2D eigenvalue weighted by molar-refractivity contribution is 5.90. The van der Waals surface area contributed by atoms with Crippen molar-refractivity contribution >= 4 is 5.71 Å². The van der Waals surface area contributed by atoms with E-state index in [4.69, 9.17) is 9.47 Å². The normalized spacial score (nSPS) is 32.8. The summed E-state index contributed by atoms with van der Waals surface area (Å²) in [6.45, 7) is 1.78. The summed E-state index contributed by atoms with van der Waals surface area (Å²) in [5.41, 5.74) is 0.114. The predicted molar refractivity (Wildman–Crippen MR) is 67.0 cm³/mol. The Morgan fingerprint density at radius 2 is 2.05 bits per heavy atom. The lowest BCUT2D eigenvalue weighted by Crippen LogP contribution is -2.45. The largest absolute Gasteiger partial charge is 0.497 e. The van der Waals surface area contributed by atoms with E-state index < -0.39 is 24.3 Å². The number of alkyl halides is 3. The molecule has 118 valence electrons. The van der Waals surface area contributed by atoms with Crippen LogP contribution in [0.4, 0.5) is 13.2 Å². The molecule has 0 bridgehead atoms. The molecule has 1 aliphatic heterocycles. The van der Waals surface area contributed by atoms with Crippen molar-refractivity contribution in [1.82, 2.24) is 0 Å². The van der Waals surface area contributed by atoms with Gasteiger partial charge in [-0.2, -0.15) is 13.2 Å². The lowest BCUT2D eigenvalue weighted by molar-refractivity contribution is -0.355. The Kier molecular flexibility index (Phi) is 3.92. The maximum atomic E-state index is 12.7. The van der Waals surface area contributed by atoms with Gasteiger partial charge in [0, 0.05) is 11.8 Å². The molecule has 5 nitrogen and oxygen atoms in total. The molecule has 0 fully saturated rings. The van der Waals surface area contributed by atoms with Crippen molar-refractivity contribution in [3.05, 3.63) is 23.7 Å². The number of rotatable bonds is 3. The fourth-order valence-corrected chi connectivity index (χ4v) is 2.46. The van der Waals surface area contributed by atoms with Crippen molar-refractivity contribution in [3.8, 4) is 0 Å². The standard InChI is InChI=1S/C13H16F3NO4/c1-7-8(4-5-10(19-2)11(7)20-3)9-6-12(18,21-17-9)13(14,15)16/h4-5,7-8,18H,6H2,1-3H3. The van der Waals surface area contributed by atoms with E-state index in [9.17, 15) is 18.3 Å². The second-order valence-corrected chi connectivity index (χ2v) is 4.94. The molecule has 3 atom stereocenters. The number of methoxy groups -OCH3 is 2. The van der Waals surface area contributed by atoms with E-state index in [1.807, 2.05) is 0 Å². The van der Waals surface area contributed by atoms with Crippen LogP contribution in [0.5, 0.6) is 0 Å². The molecule has 0 saturated heterocycles. The fraction of sp³-hybridized carbons (Fsp3) is 0.615. The van der Waals surface area contributed by atoms with Gasteiger partial charge in [-0.3, -0.25) is 0 Å². The highest BCUT2D eigenvalue weighted by Gasteiger charge is 2.61. The molecule has 1 N–H and O–H groups in total. The lowest BCUT2D eigenvalue weighted by Gasteiger charge is -2.28. The number of allylic oxidation sites excluding steroid dienone is 3. The van der Waals surface area contributed by atoms with Gasteiger partial charge in [0.05, 0.1) is 26.4 Å². The third-order valence-corrected chi connectivity index (χ3v) is 3.65. The smallest absolute Gasteiger partial charge is 0.458 e. The Morgan fingerprint density at radius 3 is 2.52 bits per heavy atom. The zero-order valence-corrected chi connectivity index (χ0v) is 11.8. The summed E-state index contributed by atoms with van der Waals surface area (Å²) in [6, 6.07) is 0. The SMILES string of the molecule is COC1=C(OC)C(C)C(C2=NOC(O)(C(F)(F)F)C2)C=C1. The summed E-state index contributed by atoms with van der Waals surface area (Å²) >= 11 is 0. The van der Waals surface area contributed by atoms with Gasteiger partial charge in [-0.25, -0.2) is 0 Å². The quantitative estimate of drug-likeness (QED) is 0.869. The van der Waals surface area contributed by atoms with Crippen LogP contribution >= 0.6 is 0 Å². The zero-order valence-electron chi connectivity index (χ0n) is 11.8. The van der Waals surface area contributed by atoms with Gasteiger partial charge in [-0.15, -0.1) is 0 Å². The molecule has 0 aromatic heterocycles. The van der Waals surface area contributed by atoms with Crippen LogP contribution in [0.15, 0.2) is 28.8 Å². The number of halogens is 3. The first-order valence-electron chi connectivity index (χ1n) is 6.28. The molecule has 0 spiro atoms. The minimum Gasteiger partial charge on any atom is -0.497 e. The first-order chi connectivity index (χ1) is 9.73.